The molecule has 6 nitrogen and oxygen atoms in total. The van der Waals surface area contributed by atoms with E-state index in [4.69, 9.17) is 4.42 Å². The number of amides is 1. The van der Waals surface area contributed by atoms with Crippen molar-refractivity contribution in [2.24, 2.45) is 0 Å². The summed E-state index contributed by atoms with van der Waals surface area (Å²) in [5.41, 5.74) is 3.87. The van der Waals surface area contributed by atoms with E-state index in [9.17, 15) is 14.7 Å². The smallest absolute Gasteiger partial charge is 0.294 e. The average Bonchev–Trinajstić information content (AvgIpc) is 3.52. The first-order valence-electron chi connectivity index (χ1n) is 11.2. The van der Waals surface area contributed by atoms with E-state index in [0.29, 0.717) is 32.8 Å². The van der Waals surface area contributed by atoms with Gasteiger partial charge < -0.3 is 9.52 Å². The van der Waals surface area contributed by atoms with Gasteiger partial charge in [0.2, 0.25) is 5.78 Å². The van der Waals surface area contributed by atoms with Gasteiger partial charge in [0.1, 0.15) is 22.6 Å². The predicted molar refractivity (Wildman–Crippen MR) is 136 cm³/mol. The number of aliphatic hydroxyl groups excluding tert-OH is 1. The van der Waals surface area contributed by atoms with E-state index in [1.165, 1.54) is 16.2 Å². The van der Waals surface area contributed by atoms with Crippen LogP contribution in [-0.4, -0.2) is 21.8 Å². The van der Waals surface area contributed by atoms with Crippen molar-refractivity contribution in [1.29, 1.82) is 0 Å². The quantitative estimate of drug-likeness (QED) is 0.331. The van der Waals surface area contributed by atoms with Crippen LogP contribution in [-0.2, 0) is 4.79 Å². The first-order chi connectivity index (χ1) is 16.8. The summed E-state index contributed by atoms with van der Waals surface area (Å²) in [6, 6.07) is 18.0. The van der Waals surface area contributed by atoms with E-state index in [1.54, 1.807) is 26.0 Å². The van der Waals surface area contributed by atoms with Gasteiger partial charge in [0.05, 0.1) is 16.1 Å². The van der Waals surface area contributed by atoms with Crippen LogP contribution >= 0.6 is 11.3 Å². The molecule has 0 radical (unpaired) electrons. The number of thiazole rings is 1. The lowest BCUT2D eigenvalue weighted by Gasteiger charge is -2.26. The normalized spacial score (nSPS) is 15.8. The third-order valence-corrected chi connectivity index (χ3v) is 7.34. The van der Waals surface area contributed by atoms with Gasteiger partial charge in [0.15, 0.2) is 5.76 Å². The summed E-state index contributed by atoms with van der Waals surface area (Å²) in [5, 5.41) is 11.7. The van der Waals surface area contributed by atoms with Crippen molar-refractivity contribution in [1.82, 2.24) is 4.98 Å². The summed E-state index contributed by atoms with van der Waals surface area (Å²) in [6.45, 7) is 7.38. The molecule has 2 aromatic carbocycles. The van der Waals surface area contributed by atoms with Gasteiger partial charge in [0, 0.05) is 11.3 Å². The van der Waals surface area contributed by atoms with Crippen LogP contribution in [0, 0.1) is 27.7 Å². The van der Waals surface area contributed by atoms with Crippen LogP contribution in [0.3, 0.4) is 0 Å². The fourth-order valence-corrected chi connectivity index (χ4v) is 5.39. The molecule has 1 aliphatic heterocycles. The molecule has 0 fully saturated rings. The SMILES string of the molecule is Cc1ccc(C)c(N2C(=O)C(O)=C(C(=O)c3sc(-c4ccccc4)nc3C)C2c2ccc(C)o2)c1. The molecular weight excluding hydrogens is 460 g/mol. The summed E-state index contributed by atoms with van der Waals surface area (Å²) in [7, 11) is 0. The molecule has 1 atom stereocenters. The molecule has 35 heavy (non-hydrogen) atoms. The number of carbonyl (C=O) groups excluding carboxylic acids is 2. The fourth-order valence-electron chi connectivity index (χ4n) is 4.37. The molecule has 0 bridgehead atoms. The van der Waals surface area contributed by atoms with E-state index in [2.05, 4.69) is 4.98 Å². The molecule has 0 aliphatic carbocycles. The maximum absolute atomic E-state index is 13.9. The van der Waals surface area contributed by atoms with Crippen LogP contribution in [0.25, 0.3) is 10.6 Å². The Hall–Kier alpha value is -3.97. The molecule has 176 valence electrons. The number of aromatic nitrogens is 1. The highest BCUT2D eigenvalue weighted by Gasteiger charge is 2.47. The number of hydrogen-bond donors (Lipinski definition) is 1. The van der Waals surface area contributed by atoms with E-state index >= 15 is 0 Å². The Bertz CT molecular complexity index is 1500. The monoisotopic (exact) mass is 484 g/mol. The first kappa shape index (κ1) is 22.8. The minimum atomic E-state index is -0.897. The fraction of sp³-hybridized carbons (Fsp3) is 0.179. The highest BCUT2D eigenvalue weighted by atomic mass is 32.1. The summed E-state index contributed by atoms with van der Waals surface area (Å²) in [5.74, 6) is -0.572. The Balaban J connectivity index is 1.65. The summed E-state index contributed by atoms with van der Waals surface area (Å²) in [4.78, 5) is 33.8. The topological polar surface area (TPSA) is 83.6 Å². The second-order valence-corrected chi connectivity index (χ2v) is 9.71. The average molecular weight is 485 g/mol. The van der Waals surface area contributed by atoms with Gasteiger partial charge >= 0.3 is 0 Å². The zero-order chi connectivity index (χ0) is 24.9. The number of hydrogen-bond acceptors (Lipinski definition) is 6. The number of Topliss-reactive ketones (excluding diaryl/α,β-unsaturated/α-hetero) is 1. The van der Waals surface area contributed by atoms with Gasteiger partial charge in [-0.3, -0.25) is 14.5 Å². The highest BCUT2D eigenvalue weighted by molar-refractivity contribution is 7.17. The number of aryl methyl sites for hydroxylation is 4. The number of anilines is 1. The number of carbonyl (C=O) groups is 2. The van der Waals surface area contributed by atoms with E-state index in [0.717, 1.165) is 16.7 Å². The van der Waals surface area contributed by atoms with Crippen LogP contribution < -0.4 is 4.90 Å². The minimum Gasteiger partial charge on any atom is -0.503 e. The number of nitrogens with zero attached hydrogens (tertiary/aromatic N) is 2. The molecule has 1 N–H and O–H groups in total. The van der Waals surface area contributed by atoms with E-state index in [-0.39, 0.29) is 5.57 Å². The van der Waals surface area contributed by atoms with Crippen LogP contribution in [0.5, 0.6) is 0 Å². The molecule has 5 rings (SSSR count). The summed E-state index contributed by atoms with van der Waals surface area (Å²) in [6.07, 6.45) is 0. The van der Waals surface area contributed by atoms with Gasteiger partial charge in [0.25, 0.3) is 5.91 Å². The molecule has 3 heterocycles. The highest BCUT2D eigenvalue weighted by Crippen LogP contribution is 2.44. The predicted octanol–water partition coefficient (Wildman–Crippen LogP) is 6.42. The number of benzene rings is 2. The molecule has 0 saturated carbocycles. The largest absolute Gasteiger partial charge is 0.503 e. The van der Waals surface area contributed by atoms with E-state index < -0.39 is 23.5 Å². The zero-order valence-electron chi connectivity index (χ0n) is 19.8. The molecule has 2 aromatic heterocycles. The standard InChI is InChI=1S/C28H24N2O4S/c1-15-10-11-16(2)20(14-15)30-23(21-13-12-17(3)34-21)22(25(32)28(30)33)24(31)26-18(4)29-27(35-26)19-8-6-5-7-9-19/h5-14,23,32H,1-4H3. The maximum atomic E-state index is 13.9. The maximum Gasteiger partial charge on any atom is 0.294 e. The minimum absolute atomic E-state index is 0.00313. The van der Waals surface area contributed by atoms with Gasteiger partial charge in [-0.1, -0.05) is 42.5 Å². The molecule has 0 spiro atoms. The Morgan fingerprint density at radius 1 is 1.03 bits per heavy atom. The van der Waals surface area contributed by atoms with Crippen LogP contribution in [0.1, 0.15) is 44.1 Å². The van der Waals surface area contributed by atoms with Crippen molar-refractivity contribution in [2.75, 3.05) is 4.90 Å². The third-order valence-electron chi connectivity index (χ3n) is 6.13. The second kappa shape index (κ2) is 8.67. The number of ketones is 1. The third kappa shape index (κ3) is 3.88. The van der Waals surface area contributed by atoms with Crippen LogP contribution in [0.15, 0.2) is 76.4 Å². The molecule has 7 heteroatoms. The molecular formula is C28H24N2O4S. The first-order valence-corrected chi connectivity index (χ1v) is 12.1. The van der Waals surface area contributed by atoms with Gasteiger partial charge in [-0.15, -0.1) is 11.3 Å². The van der Waals surface area contributed by atoms with Gasteiger partial charge in [-0.25, -0.2) is 4.98 Å². The lowest BCUT2D eigenvalue weighted by Crippen LogP contribution is -2.31. The van der Waals surface area contributed by atoms with Crippen molar-refractivity contribution >= 4 is 28.7 Å². The summed E-state index contributed by atoms with van der Waals surface area (Å²) >= 11 is 1.25. The zero-order valence-corrected chi connectivity index (χ0v) is 20.6. The molecule has 1 aliphatic rings. The van der Waals surface area contributed by atoms with Crippen molar-refractivity contribution in [3.63, 3.8) is 0 Å². The Kier molecular flexibility index (Phi) is 5.65. The molecule has 4 aromatic rings. The lowest BCUT2D eigenvalue weighted by molar-refractivity contribution is -0.117. The molecule has 0 saturated heterocycles. The summed E-state index contributed by atoms with van der Waals surface area (Å²) < 4.78 is 5.90. The van der Waals surface area contributed by atoms with Crippen LogP contribution in [0.2, 0.25) is 0 Å². The van der Waals surface area contributed by atoms with Gasteiger partial charge in [-0.2, -0.15) is 0 Å². The number of furan rings is 1. The second-order valence-electron chi connectivity index (χ2n) is 8.71. The van der Waals surface area contributed by atoms with E-state index in [1.807, 2.05) is 62.4 Å². The van der Waals surface area contributed by atoms with Crippen molar-refractivity contribution in [2.45, 2.75) is 33.7 Å². The molecule has 1 unspecified atom stereocenters. The Morgan fingerprint density at radius 2 is 1.77 bits per heavy atom. The number of rotatable bonds is 5. The van der Waals surface area contributed by atoms with Crippen molar-refractivity contribution < 1.29 is 19.1 Å². The Labute approximate surface area is 207 Å². The van der Waals surface area contributed by atoms with Gasteiger partial charge in [-0.05, 0) is 57.0 Å². The van der Waals surface area contributed by atoms with Crippen molar-refractivity contribution in [3.8, 4) is 10.6 Å². The van der Waals surface area contributed by atoms with Crippen LogP contribution in [0.4, 0.5) is 5.69 Å². The Morgan fingerprint density at radius 3 is 2.46 bits per heavy atom. The lowest BCUT2D eigenvalue weighted by atomic mass is 9.98. The van der Waals surface area contributed by atoms with Crippen molar-refractivity contribution in [3.05, 3.63) is 105 Å². The number of aliphatic hydroxyl groups is 1. The molecule has 1 amide bonds.